The van der Waals surface area contributed by atoms with Crippen molar-refractivity contribution < 1.29 is 48.7 Å². The van der Waals surface area contributed by atoms with Gasteiger partial charge in [0.1, 0.15) is 22.8 Å². The van der Waals surface area contributed by atoms with Gasteiger partial charge >= 0.3 is 5.97 Å². The molecule has 1 unspecified atom stereocenters. The van der Waals surface area contributed by atoms with Crippen LogP contribution in [0.4, 0.5) is 4.39 Å². The Balaban J connectivity index is 1.65. The van der Waals surface area contributed by atoms with E-state index in [4.69, 9.17) is 5.73 Å². The van der Waals surface area contributed by atoms with Crippen LogP contribution in [-0.4, -0.2) is 81.6 Å². The number of carbonyl (C=O) groups is 4. The molecule has 2 aromatic carbocycles. The third-order valence-electron chi connectivity index (χ3n) is 8.53. The molecule has 0 radical (unpaired) electrons. The van der Waals surface area contributed by atoms with Crippen molar-refractivity contribution in [3.05, 3.63) is 70.0 Å². The first kappa shape index (κ1) is 29.0. The number of Topliss-reactive ketones (excluding diaryl/α,β-unsaturated/α-hetero) is 2. The summed E-state index contributed by atoms with van der Waals surface area (Å²) in [5, 5.41) is 44.8. The summed E-state index contributed by atoms with van der Waals surface area (Å²) < 4.78 is 18.8. The molecule has 1 saturated carbocycles. The van der Waals surface area contributed by atoms with E-state index in [1.54, 1.807) is 18.2 Å². The predicted molar refractivity (Wildman–Crippen MR) is 146 cm³/mol. The Hall–Kier alpha value is -4.55. The van der Waals surface area contributed by atoms with Gasteiger partial charge in [-0.2, -0.15) is 0 Å². The second-order valence-electron chi connectivity index (χ2n) is 11.0. The van der Waals surface area contributed by atoms with Crippen LogP contribution in [0.2, 0.25) is 0 Å². The topological polar surface area (TPSA) is 188 Å². The molecule has 42 heavy (non-hydrogen) atoms. The molecule has 1 amide bonds. The number of rotatable bonds is 5. The van der Waals surface area contributed by atoms with Gasteiger partial charge in [-0.3, -0.25) is 19.3 Å². The third kappa shape index (κ3) is 4.01. The highest BCUT2D eigenvalue weighted by molar-refractivity contribution is 6.24. The number of nitrogens with two attached hydrogens (primary N) is 1. The molecule has 3 aliphatic carbocycles. The van der Waals surface area contributed by atoms with Crippen molar-refractivity contribution in [3.63, 3.8) is 0 Å². The number of phenolic OH excluding ortho intramolecular Hbond substituents is 1. The minimum Gasteiger partial charge on any atom is -0.508 e. The number of hydrogen-bond acceptors (Lipinski definition) is 10. The molecule has 0 bridgehead atoms. The van der Waals surface area contributed by atoms with Crippen molar-refractivity contribution >= 4 is 29.2 Å². The van der Waals surface area contributed by atoms with Crippen molar-refractivity contribution in [2.45, 2.75) is 30.7 Å². The Morgan fingerprint density at radius 1 is 1.10 bits per heavy atom. The van der Waals surface area contributed by atoms with E-state index in [-0.39, 0.29) is 35.3 Å². The van der Waals surface area contributed by atoms with Gasteiger partial charge in [-0.05, 0) is 61.2 Å². The highest BCUT2D eigenvalue weighted by atomic mass is 19.1. The second kappa shape index (κ2) is 10.1. The number of methoxy groups -OCH3 is 1. The van der Waals surface area contributed by atoms with Crippen molar-refractivity contribution in [2.75, 3.05) is 21.2 Å². The van der Waals surface area contributed by atoms with E-state index in [1.165, 1.54) is 37.2 Å². The fourth-order valence-electron chi connectivity index (χ4n) is 6.59. The van der Waals surface area contributed by atoms with E-state index in [0.717, 1.165) is 7.11 Å². The molecular formula is C30H29FN2O9. The number of primary amides is 1. The van der Waals surface area contributed by atoms with E-state index < -0.39 is 70.2 Å². The first-order valence-electron chi connectivity index (χ1n) is 13.1. The van der Waals surface area contributed by atoms with Gasteiger partial charge in [0.25, 0.3) is 5.91 Å². The molecule has 0 saturated heterocycles. The molecule has 1 fully saturated rings. The van der Waals surface area contributed by atoms with Crippen molar-refractivity contribution in [1.29, 1.82) is 0 Å². The lowest BCUT2D eigenvalue weighted by atomic mass is 9.57. The zero-order chi connectivity index (χ0) is 30.8. The van der Waals surface area contributed by atoms with Crippen LogP contribution in [0.15, 0.2) is 53.3 Å². The van der Waals surface area contributed by atoms with Gasteiger partial charge < -0.3 is 30.9 Å². The number of fused-ring (bicyclic) bond motifs is 3. The van der Waals surface area contributed by atoms with Crippen LogP contribution in [0.1, 0.15) is 29.3 Å². The maximum atomic E-state index is 14.4. The summed E-state index contributed by atoms with van der Waals surface area (Å²) >= 11 is 0. The number of aromatic hydroxyl groups is 1. The normalized spacial score (nSPS) is 26.0. The molecule has 12 heteroatoms. The Bertz CT molecular complexity index is 1610. The number of carbonyl (C=O) groups excluding carboxylic acids is 4. The molecule has 0 heterocycles. The molecule has 0 aliphatic heterocycles. The van der Waals surface area contributed by atoms with Crippen LogP contribution < -0.4 is 5.73 Å². The van der Waals surface area contributed by atoms with Crippen molar-refractivity contribution in [2.24, 2.45) is 17.6 Å². The summed E-state index contributed by atoms with van der Waals surface area (Å²) in [5.41, 5.74) is 3.04. The van der Waals surface area contributed by atoms with Gasteiger partial charge in [-0.1, -0.05) is 30.3 Å². The fourth-order valence-corrected chi connectivity index (χ4v) is 6.59. The van der Waals surface area contributed by atoms with Crippen LogP contribution in [0.25, 0.3) is 16.9 Å². The number of ketones is 2. The van der Waals surface area contributed by atoms with E-state index >= 15 is 0 Å². The molecule has 5 rings (SSSR count). The van der Waals surface area contributed by atoms with Crippen LogP contribution >= 0.6 is 0 Å². The summed E-state index contributed by atoms with van der Waals surface area (Å²) in [5.74, 6) is -8.36. The van der Waals surface area contributed by atoms with E-state index in [9.17, 15) is 44.0 Å². The number of amides is 1. The Labute approximate surface area is 239 Å². The van der Waals surface area contributed by atoms with Gasteiger partial charge in [0.2, 0.25) is 12.0 Å². The number of alkyl halides is 1. The predicted octanol–water partition coefficient (Wildman–Crippen LogP) is 1.81. The number of halogens is 1. The summed E-state index contributed by atoms with van der Waals surface area (Å²) in [6.07, 6.45) is -1.95. The molecule has 3 aliphatic rings. The van der Waals surface area contributed by atoms with Crippen LogP contribution in [0, 0.1) is 11.8 Å². The van der Waals surface area contributed by atoms with Gasteiger partial charge in [0.05, 0.1) is 18.7 Å². The Morgan fingerprint density at radius 3 is 2.31 bits per heavy atom. The number of likely N-dealkylation sites (N-methyl/N-ethyl adjacent to an activating group) is 1. The van der Waals surface area contributed by atoms with Gasteiger partial charge in [-0.15, -0.1) is 0 Å². The lowest BCUT2D eigenvalue weighted by molar-refractivity contribution is -0.153. The molecule has 11 nitrogen and oxygen atoms in total. The number of benzene rings is 2. The molecule has 2 aromatic rings. The molecule has 5 atom stereocenters. The zero-order valence-electron chi connectivity index (χ0n) is 22.9. The van der Waals surface area contributed by atoms with Crippen LogP contribution in [0.3, 0.4) is 0 Å². The Kier molecular flexibility index (Phi) is 6.94. The van der Waals surface area contributed by atoms with E-state index in [2.05, 4.69) is 4.74 Å². The van der Waals surface area contributed by atoms with Gasteiger partial charge in [-0.25, -0.2) is 9.18 Å². The minimum atomic E-state index is -2.73. The van der Waals surface area contributed by atoms with Gasteiger partial charge in [0.15, 0.2) is 11.4 Å². The molecular weight excluding hydrogens is 551 g/mol. The summed E-state index contributed by atoms with van der Waals surface area (Å²) in [4.78, 5) is 52.3. The second-order valence-corrected chi connectivity index (χ2v) is 11.0. The maximum Gasteiger partial charge on any atom is 0.345 e. The van der Waals surface area contributed by atoms with E-state index in [0.29, 0.717) is 16.7 Å². The monoisotopic (exact) mass is 580 g/mol. The number of aliphatic hydroxyl groups excluding tert-OH is 2. The molecule has 0 spiro atoms. The fraction of sp³-hybridized carbons (Fsp3) is 0.333. The number of hydrogen-bond donors (Lipinski definition) is 5. The number of phenols is 1. The minimum absolute atomic E-state index is 0.0531. The number of aliphatic hydroxyl groups is 3. The first-order valence-corrected chi connectivity index (χ1v) is 13.1. The Morgan fingerprint density at radius 2 is 1.74 bits per heavy atom. The smallest absolute Gasteiger partial charge is 0.345 e. The summed E-state index contributed by atoms with van der Waals surface area (Å²) in [6.45, 7) is 0. The first-order chi connectivity index (χ1) is 19.7. The average molecular weight is 581 g/mol. The number of nitrogens with zero attached hydrogens (tertiary/aromatic N) is 1. The standard InChI is InChI=1S/C30H29FN2O9/c1-33(2)23-17-11-14-10-16-15(12-4-6-13(7-5-12)22(31)29(40)42-3)8-9-18(34)20(16)24(35)19(14)26(37)30(17,41)27(38)21(25(23)36)28(32)39/h4-9,14,17,22-23,34-35,38,41H,10-11H2,1-3H3,(H2,32,39)/t14-,17-,22?,23-,30-/m0/s1. The SMILES string of the molecule is COC(=O)C(F)c1ccc(-c2ccc(O)c3c2C[C@H]2C[C@H]4[C@H](N(C)C)C(=O)C(C(N)=O)=C(O)[C@@]4(O)C(=O)C2=C3O)cc1. The van der Waals surface area contributed by atoms with E-state index in [1.807, 2.05) is 0 Å². The third-order valence-corrected chi connectivity index (χ3v) is 8.53. The molecule has 220 valence electrons. The largest absolute Gasteiger partial charge is 0.508 e. The van der Waals surface area contributed by atoms with Crippen molar-refractivity contribution in [1.82, 2.24) is 4.90 Å². The summed E-state index contributed by atoms with van der Waals surface area (Å²) in [7, 11) is 4.13. The average Bonchev–Trinajstić information content (AvgIpc) is 2.94. The zero-order valence-corrected chi connectivity index (χ0v) is 22.9. The lowest BCUT2D eigenvalue weighted by Gasteiger charge is -2.50. The van der Waals surface area contributed by atoms with Gasteiger partial charge in [0, 0.05) is 11.5 Å². The van der Waals surface area contributed by atoms with Crippen molar-refractivity contribution in [3.8, 4) is 16.9 Å². The maximum absolute atomic E-state index is 14.4. The number of ether oxygens (including phenoxy) is 1. The summed E-state index contributed by atoms with van der Waals surface area (Å²) in [6, 6.07) is 7.65. The molecule has 0 aromatic heterocycles. The lowest BCUT2D eigenvalue weighted by Crippen LogP contribution is -2.65. The highest BCUT2D eigenvalue weighted by Gasteiger charge is 2.64. The molecule has 6 N–H and O–H groups in total. The van der Waals surface area contributed by atoms with Crippen LogP contribution in [0.5, 0.6) is 5.75 Å². The quantitative estimate of drug-likeness (QED) is 0.258. The number of esters is 1. The highest BCUT2D eigenvalue weighted by Crippen LogP contribution is 2.53. The van der Waals surface area contributed by atoms with Crippen LogP contribution in [-0.2, 0) is 30.3 Å².